The third-order valence-corrected chi connectivity index (χ3v) is 7.68. The Morgan fingerprint density at radius 1 is 0.941 bits per heavy atom. The summed E-state index contributed by atoms with van der Waals surface area (Å²) in [5.41, 5.74) is 3.47. The van der Waals surface area contributed by atoms with Crippen LogP contribution in [0.5, 0.6) is 11.5 Å². The Balaban J connectivity index is 1.35. The summed E-state index contributed by atoms with van der Waals surface area (Å²) in [6, 6.07) is 17.0. The third kappa shape index (κ3) is 5.67. The van der Waals surface area contributed by atoms with Gasteiger partial charge in [0, 0.05) is 19.0 Å². The molecule has 0 saturated heterocycles. The molecular formula is C30H41NO3. The van der Waals surface area contributed by atoms with Crippen molar-refractivity contribution in [1.29, 1.82) is 0 Å². The lowest BCUT2D eigenvalue weighted by Crippen LogP contribution is -2.48. The highest BCUT2D eigenvalue weighted by Crippen LogP contribution is 2.51. The fourth-order valence-corrected chi connectivity index (χ4v) is 5.75. The molecule has 3 aliphatic rings. The number of likely N-dealkylation sites (N-methyl/N-ethyl adjacent to an activating group) is 1. The molecule has 0 radical (unpaired) electrons. The average Bonchev–Trinajstić information content (AvgIpc) is 2.86. The first-order valence-corrected chi connectivity index (χ1v) is 13.2. The second-order valence-electron chi connectivity index (χ2n) is 9.76. The summed E-state index contributed by atoms with van der Waals surface area (Å²) < 4.78 is 11.5. The van der Waals surface area contributed by atoms with E-state index in [4.69, 9.17) is 9.47 Å². The second-order valence-corrected chi connectivity index (χ2v) is 9.76. The van der Waals surface area contributed by atoms with E-state index in [9.17, 15) is 5.11 Å². The first-order chi connectivity index (χ1) is 16.6. The number of nitrogens with zero attached hydrogens (tertiary/aromatic N) is 1. The summed E-state index contributed by atoms with van der Waals surface area (Å²) in [5.74, 6) is 2.40. The lowest BCUT2D eigenvalue weighted by molar-refractivity contribution is -0.0582. The molecule has 0 spiro atoms. The Morgan fingerprint density at radius 3 is 2.38 bits per heavy atom. The molecule has 4 nitrogen and oxygen atoms in total. The molecule has 0 aliphatic heterocycles. The van der Waals surface area contributed by atoms with Gasteiger partial charge in [0.25, 0.3) is 0 Å². The Morgan fingerprint density at radius 2 is 1.71 bits per heavy atom. The quantitative estimate of drug-likeness (QED) is 0.420. The van der Waals surface area contributed by atoms with E-state index in [-0.39, 0.29) is 5.92 Å². The van der Waals surface area contributed by atoms with E-state index in [2.05, 4.69) is 60.4 Å². The van der Waals surface area contributed by atoms with Gasteiger partial charge < -0.3 is 19.5 Å². The largest absolute Gasteiger partial charge is 0.490 e. The Kier molecular flexibility index (Phi) is 8.33. The number of allylic oxidation sites excluding steroid dienone is 1. The smallest absolute Gasteiger partial charge is 0.161 e. The predicted octanol–water partition coefficient (Wildman–Crippen LogP) is 5.98. The van der Waals surface area contributed by atoms with Gasteiger partial charge in [-0.3, -0.25) is 0 Å². The molecule has 0 amide bonds. The Hall–Kier alpha value is -2.30. The molecule has 2 bridgehead atoms. The molecule has 34 heavy (non-hydrogen) atoms. The molecule has 1 saturated carbocycles. The Labute approximate surface area is 205 Å². The summed E-state index contributed by atoms with van der Waals surface area (Å²) in [7, 11) is 0. The monoisotopic (exact) mass is 463 g/mol. The molecule has 3 aliphatic carbocycles. The topological polar surface area (TPSA) is 41.9 Å². The van der Waals surface area contributed by atoms with Gasteiger partial charge in [-0.2, -0.15) is 0 Å². The maximum absolute atomic E-state index is 11.6. The van der Waals surface area contributed by atoms with E-state index in [0.29, 0.717) is 19.1 Å². The van der Waals surface area contributed by atoms with Crippen molar-refractivity contribution in [3.63, 3.8) is 0 Å². The number of benzene rings is 2. The molecule has 184 valence electrons. The third-order valence-electron chi connectivity index (χ3n) is 7.68. The van der Waals surface area contributed by atoms with Crippen LogP contribution in [0.15, 0.2) is 54.6 Å². The zero-order valence-corrected chi connectivity index (χ0v) is 21.1. The molecule has 1 fully saturated rings. The van der Waals surface area contributed by atoms with Crippen molar-refractivity contribution in [3.8, 4) is 11.5 Å². The molecule has 2 aromatic carbocycles. The minimum atomic E-state index is -0.574. The van der Waals surface area contributed by atoms with Crippen molar-refractivity contribution >= 4 is 5.57 Å². The normalized spacial score (nSPS) is 23.7. The predicted molar refractivity (Wildman–Crippen MR) is 139 cm³/mol. The summed E-state index contributed by atoms with van der Waals surface area (Å²) in [5, 5.41) is 11.6. The minimum Gasteiger partial charge on any atom is -0.490 e. The highest BCUT2D eigenvalue weighted by atomic mass is 16.5. The lowest BCUT2D eigenvalue weighted by atomic mass is 9.61. The second kappa shape index (κ2) is 11.4. The molecule has 0 aromatic heterocycles. The van der Waals surface area contributed by atoms with Gasteiger partial charge in [-0.25, -0.2) is 0 Å². The SMILES string of the molecule is CCOc1ccc(CCN(CC)CC[C@@]2(O)C[C@@H]3CC[C@H]2C=C3c2ccccc2)cc1OCC. The van der Waals surface area contributed by atoms with Gasteiger partial charge >= 0.3 is 0 Å². The molecule has 0 heterocycles. The van der Waals surface area contributed by atoms with Gasteiger partial charge in [-0.1, -0.05) is 49.4 Å². The standard InChI is InChI=1S/C30H41NO3/c1-4-31(18-16-23-12-15-28(33-5-2)29(20-23)34-6-3)19-17-30(32)22-25-13-14-26(30)21-27(25)24-10-8-7-9-11-24/h7-12,15,20-21,25-26,32H,4-6,13-14,16-19,22H2,1-3H3/t25-,26-,30+/m0/s1. The summed E-state index contributed by atoms with van der Waals surface area (Å²) in [4.78, 5) is 2.47. The summed E-state index contributed by atoms with van der Waals surface area (Å²) >= 11 is 0. The van der Waals surface area contributed by atoms with Gasteiger partial charge in [0.1, 0.15) is 0 Å². The zero-order chi connectivity index (χ0) is 24.0. The molecule has 1 N–H and O–H groups in total. The van der Waals surface area contributed by atoms with Crippen molar-refractivity contribution in [2.75, 3.05) is 32.8 Å². The van der Waals surface area contributed by atoms with Gasteiger partial charge in [0.15, 0.2) is 11.5 Å². The molecule has 0 unspecified atom stereocenters. The van der Waals surface area contributed by atoms with Crippen LogP contribution in [0.4, 0.5) is 0 Å². The van der Waals surface area contributed by atoms with Gasteiger partial charge in [-0.05, 0) is 87.2 Å². The van der Waals surface area contributed by atoms with Crippen molar-refractivity contribution in [2.24, 2.45) is 11.8 Å². The van der Waals surface area contributed by atoms with Crippen molar-refractivity contribution in [2.45, 2.75) is 58.5 Å². The van der Waals surface area contributed by atoms with E-state index in [1.165, 1.54) is 23.1 Å². The van der Waals surface area contributed by atoms with E-state index in [0.717, 1.165) is 56.8 Å². The highest BCUT2D eigenvalue weighted by Gasteiger charge is 2.46. The number of hydrogen-bond donors (Lipinski definition) is 1. The first kappa shape index (κ1) is 24.8. The summed E-state index contributed by atoms with van der Waals surface area (Å²) in [6.07, 6.45) is 7.39. The Bertz CT molecular complexity index is 957. The van der Waals surface area contributed by atoms with Crippen LogP contribution in [-0.4, -0.2) is 48.5 Å². The average molecular weight is 464 g/mol. The van der Waals surface area contributed by atoms with Crippen LogP contribution in [0.2, 0.25) is 0 Å². The van der Waals surface area contributed by atoms with E-state index in [1.54, 1.807) is 0 Å². The van der Waals surface area contributed by atoms with Gasteiger partial charge in [0.2, 0.25) is 0 Å². The number of aliphatic hydroxyl groups is 1. The van der Waals surface area contributed by atoms with Crippen LogP contribution in [0.25, 0.3) is 5.57 Å². The number of ether oxygens (including phenoxy) is 2. The van der Waals surface area contributed by atoms with Crippen molar-refractivity contribution in [3.05, 3.63) is 65.7 Å². The molecule has 2 aromatic rings. The molecule has 4 heteroatoms. The van der Waals surface area contributed by atoms with E-state index < -0.39 is 5.60 Å². The van der Waals surface area contributed by atoms with Crippen molar-refractivity contribution in [1.82, 2.24) is 4.90 Å². The maximum atomic E-state index is 11.6. The van der Waals surface area contributed by atoms with Crippen molar-refractivity contribution < 1.29 is 14.6 Å². The van der Waals surface area contributed by atoms with Crippen LogP contribution in [-0.2, 0) is 6.42 Å². The molecular weight excluding hydrogens is 422 g/mol. The first-order valence-electron chi connectivity index (χ1n) is 13.2. The minimum absolute atomic E-state index is 0.270. The molecule has 5 rings (SSSR count). The van der Waals surface area contributed by atoms with Crippen LogP contribution in [0.3, 0.4) is 0 Å². The van der Waals surface area contributed by atoms with Crippen LogP contribution in [0, 0.1) is 11.8 Å². The van der Waals surface area contributed by atoms with Gasteiger partial charge in [0.05, 0.1) is 18.8 Å². The number of fused-ring (bicyclic) bond motifs is 2. The van der Waals surface area contributed by atoms with Crippen LogP contribution < -0.4 is 9.47 Å². The number of rotatable bonds is 12. The van der Waals surface area contributed by atoms with Crippen LogP contribution in [0.1, 0.15) is 57.6 Å². The zero-order valence-electron chi connectivity index (χ0n) is 21.1. The van der Waals surface area contributed by atoms with E-state index >= 15 is 0 Å². The van der Waals surface area contributed by atoms with Crippen LogP contribution >= 0.6 is 0 Å². The van der Waals surface area contributed by atoms with Gasteiger partial charge in [-0.15, -0.1) is 0 Å². The lowest BCUT2D eigenvalue weighted by Gasteiger charge is -2.48. The fraction of sp³-hybridized carbons (Fsp3) is 0.533. The highest BCUT2D eigenvalue weighted by molar-refractivity contribution is 5.69. The molecule has 3 atom stereocenters. The fourth-order valence-electron chi connectivity index (χ4n) is 5.75. The summed E-state index contributed by atoms with van der Waals surface area (Å²) in [6.45, 7) is 10.4. The maximum Gasteiger partial charge on any atom is 0.161 e. The van der Waals surface area contributed by atoms with E-state index in [1.807, 2.05) is 19.9 Å². The number of hydrogen-bond acceptors (Lipinski definition) is 4.